The van der Waals surface area contributed by atoms with E-state index in [-0.39, 0.29) is 0 Å². The molecule has 5 aliphatic rings. The largest absolute Gasteiger partial charge is 0.353 e. The Kier molecular flexibility index (Phi) is 3.29. The molecule has 5 rings (SSSR count). The summed E-state index contributed by atoms with van der Waals surface area (Å²) in [5.41, 5.74) is 0. The topological polar surface area (TPSA) is 41.1 Å². The second-order valence-corrected chi connectivity index (χ2v) is 8.04. The number of carbonyl (C=O) groups is 1. The lowest BCUT2D eigenvalue weighted by Crippen LogP contribution is -2.55. The van der Waals surface area contributed by atoms with Crippen molar-refractivity contribution in [2.45, 2.75) is 51.5 Å². The Morgan fingerprint density at radius 3 is 2.30 bits per heavy atom. The van der Waals surface area contributed by atoms with Gasteiger partial charge in [0, 0.05) is 12.0 Å². The minimum absolute atomic E-state index is 0.352. The molecule has 0 aromatic carbocycles. The first-order valence-electron chi connectivity index (χ1n) is 8.71. The third-order valence-corrected chi connectivity index (χ3v) is 6.64. The Hall–Kier alpha value is -0.570. The molecule has 3 nitrogen and oxygen atoms in total. The summed E-state index contributed by atoms with van der Waals surface area (Å²) in [6.45, 7) is 4.36. The van der Waals surface area contributed by atoms with Crippen LogP contribution in [0.25, 0.3) is 0 Å². The molecular formula is C17H28N2O. The van der Waals surface area contributed by atoms with Crippen LogP contribution in [-0.2, 0) is 4.79 Å². The fourth-order valence-corrected chi connectivity index (χ4v) is 5.86. The molecule has 4 aliphatic carbocycles. The number of hydrogen-bond donors (Lipinski definition) is 2. The molecule has 3 heteroatoms. The van der Waals surface area contributed by atoms with E-state index in [2.05, 4.69) is 17.6 Å². The van der Waals surface area contributed by atoms with E-state index < -0.39 is 0 Å². The second-order valence-electron chi connectivity index (χ2n) is 8.04. The van der Waals surface area contributed by atoms with Crippen molar-refractivity contribution in [3.05, 3.63) is 0 Å². The molecule has 112 valence electrons. The van der Waals surface area contributed by atoms with Crippen LogP contribution in [0, 0.1) is 35.5 Å². The fourth-order valence-electron chi connectivity index (χ4n) is 5.86. The average Bonchev–Trinajstić information content (AvgIpc) is 2.40. The van der Waals surface area contributed by atoms with Crippen molar-refractivity contribution in [3.63, 3.8) is 0 Å². The second kappa shape index (κ2) is 5.01. The highest BCUT2D eigenvalue weighted by Gasteiger charge is 2.50. The Morgan fingerprint density at radius 1 is 1.05 bits per heavy atom. The lowest BCUT2D eigenvalue weighted by Gasteiger charge is -2.54. The highest BCUT2D eigenvalue weighted by molar-refractivity contribution is 5.80. The van der Waals surface area contributed by atoms with Crippen LogP contribution in [0.5, 0.6) is 0 Å². The quantitative estimate of drug-likeness (QED) is 0.811. The third-order valence-electron chi connectivity index (χ3n) is 6.64. The molecule has 1 aliphatic heterocycles. The van der Waals surface area contributed by atoms with Crippen molar-refractivity contribution in [1.29, 1.82) is 0 Å². The summed E-state index contributed by atoms with van der Waals surface area (Å²) >= 11 is 0. The lowest BCUT2D eigenvalue weighted by molar-refractivity contribution is -0.139. The van der Waals surface area contributed by atoms with Gasteiger partial charge in [-0.25, -0.2) is 0 Å². The van der Waals surface area contributed by atoms with Crippen molar-refractivity contribution in [3.8, 4) is 0 Å². The van der Waals surface area contributed by atoms with Gasteiger partial charge in [0.15, 0.2) is 0 Å². The smallest absolute Gasteiger partial charge is 0.223 e. The van der Waals surface area contributed by atoms with Crippen LogP contribution in [0.4, 0.5) is 0 Å². The van der Waals surface area contributed by atoms with Gasteiger partial charge in [-0.2, -0.15) is 0 Å². The molecule has 4 bridgehead atoms. The van der Waals surface area contributed by atoms with Crippen molar-refractivity contribution in [1.82, 2.24) is 10.6 Å². The van der Waals surface area contributed by atoms with Crippen LogP contribution in [0.2, 0.25) is 0 Å². The summed E-state index contributed by atoms with van der Waals surface area (Å²) in [7, 11) is 0. The van der Waals surface area contributed by atoms with Gasteiger partial charge in [-0.15, -0.1) is 0 Å². The summed E-state index contributed by atoms with van der Waals surface area (Å²) in [5, 5.41) is 6.84. The van der Waals surface area contributed by atoms with E-state index in [0.29, 0.717) is 35.6 Å². The van der Waals surface area contributed by atoms with Crippen LogP contribution in [0.1, 0.15) is 45.4 Å². The van der Waals surface area contributed by atoms with Gasteiger partial charge in [-0.1, -0.05) is 6.92 Å². The zero-order valence-electron chi connectivity index (χ0n) is 12.6. The van der Waals surface area contributed by atoms with E-state index in [1.54, 1.807) is 0 Å². The van der Waals surface area contributed by atoms with Crippen molar-refractivity contribution >= 4 is 5.91 Å². The standard InChI is InChI=1S/C17H28N2O/c1-10-9-18-3-2-15(10)19-17(20)16-13-5-11-4-12(7-13)8-14(16)6-11/h10-16,18H,2-9H2,1H3,(H,19,20). The van der Waals surface area contributed by atoms with E-state index in [0.717, 1.165) is 31.3 Å². The summed E-state index contributed by atoms with van der Waals surface area (Å²) < 4.78 is 0. The zero-order chi connectivity index (χ0) is 13.7. The van der Waals surface area contributed by atoms with Gasteiger partial charge < -0.3 is 10.6 Å². The van der Waals surface area contributed by atoms with Crippen LogP contribution >= 0.6 is 0 Å². The molecule has 20 heavy (non-hydrogen) atoms. The van der Waals surface area contributed by atoms with E-state index in [1.165, 1.54) is 32.1 Å². The zero-order valence-corrected chi connectivity index (χ0v) is 12.6. The Balaban J connectivity index is 1.43. The van der Waals surface area contributed by atoms with E-state index in [4.69, 9.17) is 0 Å². The molecule has 2 atom stereocenters. The van der Waals surface area contributed by atoms with Crippen molar-refractivity contribution in [2.24, 2.45) is 35.5 Å². The minimum Gasteiger partial charge on any atom is -0.353 e. The fraction of sp³-hybridized carbons (Fsp3) is 0.941. The summed E-state index contributed by atoms with van der Waals surface area (Å²) in [5.74, 6) is 4.66. The molecule has 2 N–H and O–H groups in total. The Labute approximate surface area is 122 Å². The molecule has 1 heterocycles. The molecule has 2 unspecified atom stereocenters. The monoisotopic (exact) mass is 276 g/mol. The molecule has 0 radical (unpaired) electrons. The van der Waals surface area contributed by atoms with E-state index >= 15 is 0 Å². The van der Waals surface area contributed by atoms with Gasteiger partial charge in [0.05, 0.1) is 0 Å². The Morgan fingerprint density at radius 2 is 1.70 bits per heavy atom. The van der Waals surface area contributed by atoms with Crippen LogP contribution < -0.4 is 10.6 Å². The first-order valence-corrected chi connectivity index (χ1v) is 8.71. The van der Waals surface area contributed by atoms with Gasteiger partial charge in [0.2, 0.25) is 5.91 Å². The molecule has 0 aromatic rings. The van der Waals surface area contributed by atoms with Gasteiger partial charge >= 0.3 is 0 Å². The van der Waals surface area contributed by atoms with Crippen LogP contribution in [0.3, 0.4) is 0 Å². The number of carbonyl (C=O) groups excluding carboxylic acids is 1. The average molecular weight is 276 g/mol. The lowest BCUT2D eigenvalue weighted by atomic mass is 9.51. The first-order chi connectivity index (χ1) is 9.70. The predicted octanol–water partition coefficient (Wildman–Crippen LogP) is 2.17. The number of hydrogen-bond acceptors (Lipinski definition) is 2. The highest BCUT2D eigenvalue weighted by atomic mass is 16.2. The van der Waals surface area contributed by atoms with Gasteiger partial charge in [-0.3, -0.25) is 4.79 Å². The maximum atomic E-state index is 12.8. The van der Waals surface area contributed by atoms with Gasteiger partial charge in [-0.05, 0) is 81.2 Å². The third kappa shape index (κ3) is 2.18. The minimum atomic E-state index is 0.352. The number of rotatable bonds is 2. The predicted molar refractivity (Wildman–Crippen MR) is 79.1 cm³/mol. The van der Waals surface area contributed by atoms with Crippen LogP contribution in [0.15, 0.2) is 0 Å². The molecule has 1 amide bonds. The number of piperidine rings is 1. The molecule has 5 fully saturated rings. The SMILES string of the molecule is CC1CNCCC1NC(=O)C1C2CC3CC(C2)CC1C3. The highest BCUT2D eigenvalue weighted by Crippen LogP contribution is 2.56. The van der Waals surface area contributed by atoms with E-state index in [9.17, 15) is 4.79 Å². The van der Waals surface area contributed by atoms with E-state index in [1.807, 2.05) is 0 Å². The maximum Gasteiger partial charge on any atom is 0.223 e. The number of nitrogens with one attached hydrogen (secondary N) is 2. The summed E-state index contributed by atoms with van der Waals surface area (Å²) in [4.78, 5) is 12.8. The molecule has 0 spiro atoms. The molecule has 4 saturated carbocycles. The summed E-state index contributed by atoms with van der Waals surface area (Å²) in [6.07, 6.45) is 7.92. The normalized spacial score (nSPS) is 50.1. The molecule has 1 saturated heterocycles. The molecular weight excluding hydrogens is 248 g/mol. The first kappa shape index (κ1) is 13.1. The van der Waals surface area contributed by atoms with Gasteiger partial charge in [0.1, 0.15) is 0 Å². The van der Waals surface area contributed by atoms with Gasteiger partial charge in [0.25, 0.3) is 0 Å². The van der Waals surface area contributed by atoms with Crippen molar-refractivity contribution in [2.75, 3.05) is 13.1 Å². The van der Waals surface area contributed by atoms with Crippen molar-refractivity contribution < 1.29 is 4.79 Å². The van der Waals surface area contributed by atoms with Crippen LogP contribution in [-0.4, -0.2) is 25.0 Å². The number of amides is 1. The Bertz CT molecular complexity index is 366. The maximum absolute atomic E-state index is 12.8. The summed E-state index contributed by atoms with van der Waals surface area (Å²) in [6, 6.07) is 0.404. The molecule has 0 aromatic heterocycles.